The summed E-state index contributed by atoms with van der Waals surface area (Å²) in [6.07, 6.45) is 5.92. The monoisotopic (exact) mass is 352 g/mol. The van der Waals surface area contributed by atoms with E-state index in [-0.39, 0.29) is 17.6 Å². The molecule has 1 aliphatic carbocycles. The first kappa shape index (κ1) is 17.9. The summed E-state index contributed by atoms with van der Waals surface area (Å²) < 4.78 is 13.1. The molecular formula is C21H21FN2O2. The van der Waals surface area contributed by atoms with E-state index in [1.807, 2.05) is 0 Å². The Balaban J connectivity index is 1.66. The summed E-state index contributed by atoms with van der Waals surface area (Å²) in [5, 5.41) is 5.63. The van der Waals surface area contributed by atoms with E-state index in [1.165, 1.54) is 18.2 Å². The Morgan fingerprint density at radius 3 is 2.23 bits per heavy atom. The molecule has 1 fully saturated rings. The SMILES string of the molecule is CNC(=O)c1ccc(/C=C/C(=O)NC2(c3ccc(F)cc3)CCC2)cc1. The second kappa shape index (κ2) is 7.52. The maximum atomic E-state index is 13.1. The van der Waals surface area contributed by atoms with E-state index in [0.29, 0.717) is 5.56 Å². The van der Waals surface area contributed by atoms with E-state index in [0.717, 1.165) is 30.4 Å². The van der Waals surface area contributed by atoms with Crippen LogP contribution in [0.1, 0.15) is 40.7 Å². The van der Waals surface area contributed by atoms with E-state index in [4.69, 9.17) is 0 Å². The van der Waals surface area contributed by atoms with Gasteiger partial charge in [-0.2, -0.15) is 0 Å². The van der Waals surface area contributed by atoms with Crippen molar-refractivity contribution in [3.05, 3.63) is 77.1 Å². The van der Waals surface area contributed by atoms with Gasteiger partial charge in [0, 0.05) is 18.7 Å². The van der Waals surface area contributed by atoms with Gasteiger partial charge >= 0.3 is 0 Å². The summed E-state index contributed by atoms with van der Waals surface area (Å²) in [5.41, 5.74) is 1.93. The molecule has 2 N–H and O–H groups in total. The Labute approximate surface area is 152 Å². The number of benzene rings is 2. The van der Waals surface area contributed by atoms with Crippen LogP contribution in [0.2, 0.25) is 0 Å². The Hall–Kier alpha value is -2.95. The van der Waals surface area contributed by atoms with Crippen molar-refractivity contribution in [2.45, 2.75) is 24.8 Å². The summed E-state index contributed by atoms with van der Waals surface area (Å²) in [6, 6.07) is 13.3. The van der Waals surface area contributed by atoms with Crippen molar-refractivity contribution in [1.29, 1.82) is 0 Å². The Morgan fingerprint density at radius 2 is 1.69 bits per heavy atom. The highest BCUT2D eigenvalue weighted by Gasteiger charge is 2.39. The first-order valence-electron chi connectivity index (χ1n) is 8.61. The molecule has 2 aromatic rings. The highest BCUT2D eigenvalue weighted by Crippen LogP contribution is 2.41. The van der Waals surface area contributed by atoms with Crippen molar-refractivity contribution in [2.24, 2.45) is 0 Å². The summed E-state index contributed by atoms with van der Waals surface area (Å²) in [7, 11) is 1.58. The van der Waals surface area contributed by atoms with Crippen molar-refractivity contribution in [1.82, 2.24) is 10.6 Å². The lowest BCUT2D eigenvalue weighted by molar-refractivity contribution is -0.119. The van der Waals surface area contributed by atoms with Gasteiger partial charge in [-0.15, -0.1) is 0 Å². The van der Waals surface area contributed by atoms with Gasteiger partial charge in [-0.25, -0.2) is 4.39 Å². The van der Waals surface area contributed by atoms with Crippen molar-refractivity contribution >= 4 is 17.9 Å². The lowest BCUT2D eigenvalue weighted by atomic mass is 9.71. The molecule has 0 atom stereocenters. The summed E-state index contributed by atoms with van der Waals surface area (Å²) in [5.74, 6) is -0.622. The van der Waals surface area contributed by atoms with Crippen LogP contribution < -0.4 is 10.6 Å². The van der Waals surface area contributed by atoms with Crippen LogP contribution in [0.5, 0.6) is 0 Å². The molecule has 1 saturated carbocycles. The summed E-state index contributed by atoms with van der Waals surface area (Å²) >= 11 is 0. The number of halogens is 1. The van der Waals surface area contributed by atoms with Crippen LogP contribution in [-0.4, -0.2) is 18.9 Å². The lowest BCUT2D eigenvalue weighted by Crippen LogP contribution is -2.50. The van der Waals surface area contributed by atoms with E-state index >= 15 is 0 Å². The van der Waals surface area contributed by atoms with E-state index in [9.17, 15) is 14.0 Å². The lowest BCUT2D eigenvalue weighted by Gasteiger charge is -2.43. The second-order valence-corrected chi connectivity index (χ2v) is 6.47. The molecule has 0 spiro atoms. The van der Waals surface area contributed by atoms with Crippen LogP contribution in [0.15, 0.2) is 54.6 Å². The molecule has 0 aliphatic heterocycles. The number of hydrogen-bond donors (Lipinski definition) is 2. The fourth-order valence-electron chi connectivity index (χ4n) is 3.12. The van der Waals surface area contributed by atoms with Gasteiger partial charge in [-0.05, 0) is 60.7 Å². The van der Waals surface area contributed by atoms with Gasteiger partial charge in [0.1, 0.15) is 5.82 Å². The minimum atomic E-state index is -0.405. The number of rotatable bonds is 5. The average Bonchev–Trinajstić information content (AvgIpc) is 2.63. The molecule has 0 unspecified atom stereocenters. The largest absolute Gasteiger partial charge is 0.355 e. The third kappa shape index (κ3) is 3.82. The first-order chi connectivity index (χ1) is 12.5. The highest BCUT2D eigenvalue weighted by molar-refractivity contribution is 5.95. The second-order valence-electron chi connectivity index (χ2n) is 6.47. The fourth-order valence-corrected chi connectivity index (χ4v) is 3.12. The van der Waals surface area contributed by atoms with Crippen LogP contribution in [0.4, 0.5) is 4.39 Å². The van der Waals surface area contributed by atoms with Gasteiger partial charge < -0.3 is 10.6 Å². The predicted molar refractivity (Wildman–Crippen MR) is 98.9 cm³/mol. The minimum absolute atomic E-state index is 0.149. The number of hydrogen-bond acceptors (Lipinski definition) is 2. The van der Waals surface area contributed by atoms with Crippen molar-refractivity contribution in [2.75, 3.05) is 7.05 Å². The molecule has 0 heterocycles. The van der Waals surface area contributed by atoms with Crippen LogP contribution in [0, 0.1) is 5.82 Å². The molecule has 2 aromatic carbocycles. The minimum Gasteiger partial charge on any atom is -0.355 e. The zero-order valence-corrected chi connectivity index (χ0v) is 14.6. The molecule has 134 valence electrons. The molecule has 3 rings (SSSR count). The molecule has 0 aromatic heterocycles. The van der Waals surface area contributed by atoms with Crippen molar-refractivity contribution < 1.29 is 14.0 Å². The zero-order chi connectivity index (χ0) is 18.6. The molecule has 5 heteroatoms. The highest BCUT2D eigenvalue weighted by atomic mass is 19.1. The van der Waals surface area contributed by atoms with Gasteiger partial charge in [0.25, 0.3) is 5.91 Å². The standard InChI is InChI=1S/C21H21FN2O2/c1-23-20(26)16-6-3-15(4-7-16)5-12-19(25)24-21(13-2-14-21)17-8-10-18(22)11-9-17/h3-12H,2,13-14H2,1H3,(H,23,26)(H,24,25)/b12-5+. The van der Waals surface area contributed by atoms with Crippen molar-refractivity contribution in [3.63, 3.8) is 0 Å². The molecule has 0 radical (unpaired) electrons. The topological polar surface area (TPSA) is 58.2 Å². The van der Waals surface area contributed by atoms with E-state index in [2.05, 4.69) is 10.6 Å². The van der Waals surface area contributed by atoms with Crippen LogP contribution in [0.25, 0.3) is 6.08 Å². The summed E-state index contributed by atoms with van der Waals surface area (Å²) in [6.45, 7) is 0. The third-order valence-electron chi connectivity index (χ3n) is 4.79. The molecular weight excluding hydrogens is 331 g/mol. The number of carbonyl (C=O) groups is 2. The quantitative estimate of drug-likeness (QED) is 0.811. The predicted octanol–water partition coefficient (Wildman–Crippen LogP) is 3.39. The molecule has 4 nitrogen and oxygen atoms in total. The van der Waals surface area contributed by atoms with Gasteiger partial charge in [-0.1, -0.05) is 24.3 Å². The van der Waals surface area contributed by atoms with Crippen molar-refractivity contribution in [3.8, 4) is 0 Å². The zero-order valence-electron chi connectivity index (χ0n) is 14.6. The molecule has 0 bridgehead atoms. The number of nitrogens with one attached hydrogen (secondary N) is 2. The van der Waals surface area contributed by atoms with E-state index in [1.54, 1.807) is 49.5 Å². The smallest absolute Gasteiger partial charge is 0.251 e. The molecule has 1 aliphatic rings. The Bertz CT molecular complexity index is 822. The Kier molecular flexibility index (Phi) is 5.16. The van der Waals surface area contributed by atoms with Crippen LogP contribution in [0.3, 0.4) is 0 Å². The number of carbonyl (C=O) groups excluding carboxylic acids is 2. The van der Waals surface area contributed by atoms with Crippen LogP contribution in [-0.2, 0) is 10.3 Å². The maximum Gasteiger partial charge on any atom is 0.251 e. The molecule has 26 heavy (non-hydrogen) atoms. The maximum absolute atomic E-state index is 13.1. The van der Waals surface area contributed by atoms with E-state index < -0.39 is 5.54 Å². The fraction of sp³-hybridized carbons (Fsp3) is 0.238. The molecule has 0 saturated heterocycles. The third-order valence-corrected chi connectivity index (χ3v) is 4.79. The van der Waals surface area contributed by atoms with Crippen LogP contribution >= 0.6 is 0 Å². The average molecular weight is 352 g/mol. The number of amides is 2. The summed E-state index contributed by atoms with van der Waals surface area (Å²) in [4.78, 5) is 23.9. The first-order valence-corrected chi connectivity index (χ1v) is 8.61. The van der Waals surface area contributed by atoms with Gasteiger partial charge in [0.05, 0.1) is 5.54 Å². The normalized spacial score (nSPS) is 15.3. The molecule has 2 amide bonds. The van der Waals surface area contributed by atoms with Gasteiger partial charge in [-0.3, -0.25) is 9.59 Å². The van der Waals surface area contributed by atoms with Gasteiger partial charge in [0.2, 0.25) is 5.91 Å². The Morgan fingerprint density at radius 1 is 1.04 bits per heavy atom. The van der Waals surface area contributed by atoms with Gasteiger partial charge in [0.15, 0.2) is 0 Å².